The number of aromatic nitrogens is 2. The van der Waals surface area contributed by atoms with Gasteiger partial charge in [0.2, 0.25) is 5.91 Å². The molecule has 0 saturated heterocycles. The number of nitrogens with zero attached hydrogens (tertiary/aromatic N) is 2. The van der Waals surface area contributed by atoms with Gasteiger partial charge < -0.3 is 19.9 Å². The van der Waals surface area contributed by atoms with Crippen LogP contribution in [0.2, 0.25) is 20.1 Å². The lowest BCUT2D eigenvalue weighted by Crippen LogP contribution is -2.34. The zero-order chi connectivity index (χ0) is 30.1. The average molecular weight is 636 g/mol. The molecule has 216 valence electrons. The summed E-state index contributed by atoms with van der Waals surface area (Å²) in [5, 5.41) is 7.48. The van der Waals surface area contributed by atoms with Gasteiger partial charge in [0.1, 0.15) is 11.6 Å². The van der Waals surface area contributed by atoms with Gasteiger partial charge in [-0.25, -0.2) is 4.98 Å². The Hall–Kier alpha value is -2.97. The van der Waals surface area contributed by atoms with Crippen LogP contribution in [0.15, 0.2) is 42.5 Å². The minimum Gasteiger partial charge on any atom is -0.493 e. The molecule has 0 aliphatic heterocycles. The number of halogens is 4. The molecule has 0 atom stereocenters. The molecule has 0 radical (unpaired) electrons. The summed E-state index contributed by atoms with van der Waals surface area (Å²) < 4.78 is 7.74. The molecule has 41 heavy (non-hydrogen) atoms. The Kier molecular flexibility index (Phi) is 9.44. The zero-order valence-electron chi connectivity index (χ0n) is 23.3. The van der Waals surface area contributed by atoms with Gasteiger partial charge in [0, 0.05) is 41.5 Å². The lowest BCUT2D eigenvalue weighted by molar-refractivity contribution is -0.128. The highest BCUT2D eigenvalue weighted by atomic mass is 35.5. The third-order valence-corrected chi connectivity index (χ3v) is 7.89. The average Bonchev–Trinajstić information content (AvgIpc) is 3.20. The SMILES string of the molecule is CCOc1cc2c(cc1C(=O)Nc1ccc(Cl)cc1Cl)nc(Cc1c(Cl)ccc(CNC(=O)C(C)(C)C)c1Cl)n2C. The lowest BCUT2D eigenvalue weighted by atomic mass is 9.95. The second kappa shape index (κ2) is 12.5. The van der Waals surface area contributed by atoms with Crippen molar-refractivity contribution in [2.75, 3.05) is 11.9 Å². The highest BCUT2D eigenvalue weighted by Crippen LogP contribution is 2.33. The molecule has 2 N–H and O–H groups in total. The number of aryl methyl sites for hydroxylation is 1. The first-order valence-corrected chi connectivity index (χ1v) is 14.4. The van der Waals surface area contributed by atoms with Gasteiger partial charge in [-0.05, 0) is 48.4 Å². The van der Waals surface area contributed by atoms with Crippen LogP contribution in [-0.2, 0) is 24.8 Å². The second-order valence-electron chi connectivity index (χ2n) is 10.5. The number of rotatable bonds is 8. The van der Waals surface area contributed by atoms with Gasteiger partial charge in [-0.1, -0.05) is 73.2 Å². The van der Waals surface area contributed by atoms with Crippen LogP contribution in [0.25, 0.3) is 11.0 Å². The molecule has 2 amide bonds. The first kappa shape index (κ1) is 31.0. The molecule has 4 rings (SSSR count). The molecule has 0 aliphatic rings. The molecule has 0 fully saturated rings. The van der Waals surface area contributed by atoms with Gasteiger partial charge in [0.15, 0.2) is 0 Å². The number of carbonyl (C=O) groups is 2. The lowest BCUT2D eigenvalue weighted by Gasteiger charge is -2.18. The largest absolute Gasteiger partial charge is 0.493 e. The van der Waals surface area contributed by atoms with E-state index in [0.717, 1.165) is 11.1 Å². The van der Waals surface area contributed by atoms with E-state index in [4.69, 9.17) is 56.1 Å². The van der Waals surface area contributed by atoms with Crippen molar-refractivity contribution in [3.8, 4) is 5.75 Å². The first-order chi connectivity index (χ1) is 19.3. The highest BCUT2D eigenvalue weighted by molar-refractivity contribution is 6.37. The van der Waals surface area contributed by atoms with E-state index in [2.05, 4.69) is 10.6 Å². The summed E-state index contributed by atoms with van der Waals surface area (Å²) in [5.41, 5.74) is 3.02. The summed E-state index contributed by atoms with van der Waals surface area (Å²) >= 11 is 25.6. The van der Waals surface area contributed by atoms with Gasteiger partial charge >= 0.3 is 0 Å². The minimum absolute atomic E-state index is 0.0799. The van der Waals surface area contributed by atoms with Crippen LogP contribution in [0.4, 0.5) is 5.69 Å². The summed E-state index contributed by atoms with van der Waals surface area (Å²) in [6, 6.07) is 11.9. The monoisotopic (exact) mass is 634 g/mol. The summed E-state index contributed by atoms with van der Waals surface area (Å²) in [6.45, 7) is 8.03. The van der Waals surface area contributed by atoms with E-state index >= 15 is 0 Å². The number of carbonyl (C=O) groups excluding carboxylic acids is 2. The molecule has 0 aliphatic carbocycles. The fourth-order valence-corrected chi connectivity index (χ4v) is 5.23. The number of amides is 2. The number of ether oxygens (including phenoxy) is 1. The number of benzene rings is 3. The van der Waals surface area contributed by atoms with Crippen LogP contribution < -0.4 is 15.4 Å². The number of anilines is 1. The number of imidazole rings is 1. The molecule has 7 nitrogen and oxygen atoms in total. The van der Waals surface area contributed by atoms with Crippen molar-refractivity contribution < 1.29 is 14.3 Å². The fraction of sp³-hybridized carbons (Fsp3) is 0.300. The predicted octanol–water partition coefficient (Wildman–Crippen LogP) is 8.09. The van der Waals surface area contributed by atoms with E-state index in [9.17, 15) is 9.59 Å². The second-order valence-corrected chi connectivity index (χ2v) is 12.2. The van der Waals surface area contributed by atoms with Crippen molar-refractivity contribution in [1.82, 2.24) is 14.9 Å². The fourth-order valence-electron chi connectivity index (χ4n) is 4.20. The summed E-state index contributed by atoms with van der Waals surface area (Å²) in [4.78, 5) is 30.5. The third-order valence-electron chi connectivity index (χ3n) is 6.52. The summed E-state index contributed by atoms with van der Waals surface area (Å²) in [7, 11) is 1.88. The topological polar surface area (TPSA) is 85.2 Å². The Labute approximate surface area is 259 Å². The van der Waals surface area contributed by atoms with Gasteiger partial charge in [0.25, 0.3) is 5.91 Å². The van der Waals surface area contributed by atoms with E-state index in [-0.39, 0.29) is 12.5 Å². The maximum absolute atomic E-state index is 13.3. The van der Waals surface area contributed by atoms with Crippen molar-refractivity contribution in [2.45, 2.75) is 40.7 Å². The molecule has 0 bridgehead atoms. The van der Waals surface area contributed by atoms with Gasteiger partial charge in [-0.2, -0.15) is 0 Å². The normalized spacial score (nSPS) is 11.5. The van der Waals surface area contributed by atoms with E-state index in [0.29, 0.717) is 67.0 Å². The zero-order valence-corrected chi connectivity index (χ0v) is 26.3. The minimum atomic E-state index is -0.522. The Morgan fingerprint density at radius 1 is 1.00 bits per heavy atom. The number of fused-ring (bicyclic) bond motifs is 1. The van der Waals surface area contributed by atoms with Crippen LogP contribution in [0, 0.1) is 5.41 Å². The maximum atomic E-state index is 13.3. The maximum Gasteiger partial charge on any atom is 0.259 e. The molecule has 4 aromatic rings. The summed E-state index contributed by atoms with van der Waals surface area (Å²) in [6.07, 6.45) is 0.329. The van der Waals surface area contributed by atoms with Gasteiger partial charge in [-0.3, -0.25) is 9.59 Å². The molecule has 0 spiro atoms. The van der Waals surface area contributed by atoms with E-state index < -0.39 is 11.3 Å². The Morgan fingerprint density at radius 2 is 1.73 bits per heavy atom. The van der Waals surface area contributed by atoms with Crippen molar-refractivity contribution >= 4 is 74.9 Å². The van der Waals surface area contributed by atoms with Crippen molar-refractivity contribution in [3.05, 3.63) is 85.1 Å². The third kappa shape index (κ3) is 6.92. The standard InChI is InChI=1S/C30H30Cl4N4O3/c1-6-41-25-14-24-23(12-19(25)28(39)37-22-10-8-17(31)11-21(22)33)36-26(38(24)5)13-18-20(32)9-7-16(27(18)34)15-35-29(40)30(2,3)4/h7-12,14H,6,13,15H2,1-5H3,(H,35,40)(H,37,39). The van der Waals surface area contributed by atoms with Crippen LogP contribution in [0.5, 0.6) is 5.75 Å². The number of hydrogen-bond donors (Lipinski definition) is 2. The molecule has 3 aromatic carbocycles. The van der Waals surface area contributed by atoms with E-state index in [1.54, 1.807) is 42.5 Å². The Morgan fingerprint density at radius 3 is 2.39 bits per heavy atom. The smallest absolute Gasteiger partial charge is 0.259 e. The molecule has 11 heteroatoms. The van der Waals surface area contributed by atoms with E-state index in [1.165, 1.54) is 0 Å². The highest BCUT2D eigenvalue weighted by Gasteiger charge is 2.23. The quantitative estimate of drug-likeness (QED) is 0.205. The van der Waals surface area contributed by atoms with Gasteiger partial charge in [0.05, 0.1) is 38.9 Å². The predicted molar refractivity (Wildman–Crippen MR) is 167 cm³/mol. The summed E-state index contributed by atoms with van der Waals surface area (Å²) in [5.74, 6) is 0.608. The van der Waals surface area contributed by atoms with Crippen LogP contribution in [0.1, 0.15) is 55.0 Å². The first-order valence-electron chi connectivity index (χ1n) is 12.9. The van der Waals surface area contributed by atoms with Crippen LogP contribution in [0.3, 0.4) is 0 Å². The molecular formula is C30H30Cl4N4O3. The molecule has 1 aromatic heterocycles. The van der Waals surface area contributed by atoms with Crippen molar-refractivity contribution in [3.63, 3.8) is 0 Å². The van der Waals surface area contributed by atoms with Crippen molar-refractivity contribution in [1.29, 1.82) is 0 Å². The van der Waals surface area contributed by atoms with Crippen LogP contribution >= 0.6 is 46.4 Å². The van der Waals surface area contributed by atoms with Crippen LogP contribution in [-0.4, -0.2) is 28.0 Å². The van der Waals surface area contributed by atoms with E-state index in [1.807, 2.05) is 39.3 Å². The molecule has 0 saturated carbocycles. The molecule has 1 heterocycles. The Bertz CT molecular complexity index is 1640. The van der Waals surface area contributed by atoms with Crippen molar-refractivity contribution in [2.24, 2.45) is 12.5 Å². The molecular weight excluding hydrogens is 606 g/mol. The number of hydrogen-bond acceptors (Lipinski definition) is 4. The Balaban J connectivity index is 1.67. The number of nitrogens with one attached hydrogen (secondary N) is 2. The van der Waals surface area contributed by atoms with Gasteiger partial charge in [-0.15, -0.1) is 0 Å². The molecule has 0 unspecified atom stereocenters.